The third kappa shape index (κ3) is 3.25. The fraction of sp³-hybridized carbons (Fsp3) is 0.333. The van der Waals surface area contributed by atoms with E-state index in [4.69, 9.17) is 11.6 Å². The summed E-state index contributed by atoms with van der Waals surface area (Å²) in [6.45, 7) is 1.91. The lowest BCUT2D eigenvalue weighted by Crippen LogP contribution is -2.16. The van der Waals surface area contributed by atoms with Crippen molar-refractivity contribution in [1.82, 2.24) is 9.78 Å². The molecule has 1 aliphatic heterocycles. The van der Waals surface area contributed by atoms with Crippen molar-refractivity contribution in [2.24, 2.45) is 0 Å². The molecular formula is C15H16ClN3O3S. The van der Waals surface area contributed by atoms with E-state index in [0.717, 1.165) is 0 Å². The molecule has 8 heteroatoms. The highest BCUT2D eigenvalue weighted by Crippen LogP contribution is 2.33. The molecule has 1 aromatic carbocycles. The van der Waals surface area contributed by atoms with Crippen molar-refractivity contribution in [1.29, 1.82) is 0 Å². The van der Waals surface area contributed by atoms with Crippen molar-refractivity contribution in [2.45, 2.75) is 31.3 Å². The zero-order chi connectivity index (χ0) is 16.6. The molecule has 122 valence electrons. The molecule has 0 aliphatic carbocycles. The molecule has 0 saturated heterocycles. The van der Waals surface area contributed by atoms with Gasteiger partial charge in [-0.25, -0.2) is 13.1 Å². The van der Waals surface area contributed by atoms with Crippen LogP contribution >= 0.6 is 11.6 Å². The highest BCUT2D eigenvalue weighted by Gasteiger charge is 2.33. The Balaban J connectivity index is 2.06. The number of hydrogen-bond donors (Lipinski definition) is 1. The molecule has 2 heterocycles. The maximum Gasteiger partial charge on any atom is 0.225 e. The van der Waals surface area contributed by atoms with Crippen molar-refractivity contribution in [3.8, 4) is 5.69 Å². The standard InChI is InChI=1S/C15H16ClN3O3S/c1-2-3-14(20)17-15-12-8-23(21,22)9-13(12)18-19(15)11-6-4-10(16)5-7-11/h4-7H,2-3,8-9H2,1H3,(H,17,20). The quantitative estimate of drug-likeness (QED) is 0.916. The molecule has 0 unspecified atom stereocenters. The third-order valence-electron chi connectivity index (χ3n) is 3.59. The van der Waals surface area contributed by atoms with E-state index in [1.807, 2.05) is 6.92 Å². The van der Waals surface area contributed by atoms with Crippen LogP contribution in [0.25, 0.3) is 5.69 Å². The van der Waals surface area contributed by atoms with Crippen molar-refractivity contribution in [3.63, 3.8) is 0 Å². The van der Waals surface area contributed by atoms with Crippen LogP contribution in [0.2, 0.25) is 5.02 Å². The predicted molar refractivity (Wildman–Crippen MR) is 88.4 cm³/mol. The Hall–Kier alpha value is -1.86. The molecular weight excluding hydrogens is 338 g/mol. The summed E-state index contributed by atoms with van der Waals surface area (Å²) in [5.41, 5.74) is 1.78. The Kier molecular flexibility index (Phi) is 4.16. The number of nitrogens with one attached hydrogen (secondary N) is 1. The second-order valence-electron chi connectivity index (χ2n) is 5.49. The van der Waals surface area contributed by atoms with E-state index < -0.39 is 9.84 Å². The molecule has 0 bridgehead atoms. The number of carbonyl (C=O) groups excluding carboxylic acids is 1. The molecule has 0 fully saturated rings. The molecule has 1 amide bonds. The van der Waals surface area contributed by atoms with Gasteiger partial charge in [-0.2, -0.15) is 5.10 Å². The summed E-state index contributed by atoms with van der Waals surface area (Å²) in [4.78, 5) is 12.0. The zero-order valence-electron chi connectivity index (χ0n) is 12.5. The van der Waals surface area contributed by atoms with Crippen LogP contribution in [0.3, 0.4) is 0 Å². The van der Waals surface area contributed by atoms with Gasteiger partial charge in [-0.05, 0) is 30.7 Å². The lowest BCUT2D eigenvalue weighted by molar-refractivity contribution is -0.116. The number of halogens is 1. The van der Waals surface area contributed by atoms with Gasteiger partial charge in [-0.1, -0.05) is 18.5 Å². The van der Waals surface area contributed by atoms with Crippen LogP contribution in [0.4, 0.5) is 5.82 Å². The first kappa shape index (κ1) is 16.0. The summed E-state index contributed by atoms with van der Waals surface area (Å²) in [6, 6.07) is 6.99. The van der Waals surface area contributed by atoms with Crippen molar-refractivity contribution < 1.29 is 13.2 Å². The number of sulfone groups is 1. The SMILES string of the molecule is CCCC(=O)Nc1c2c(nn1-c1ccc(Cl)cc1)CS(=O)(=O)C2. The van der Waals surface area contributed by atoms with Crippen molar-refractivity contribution in [2.75, 3.05) is 5.32 Å². The first-order chi connectivity index (χ1) is 10.9. The van der Waals surface area contributed by atoms with Gasteiger partial charge in [0.2, 0.25) is 5.91 Å². The molecule has 3 rings (SSSR count). The van der Waals surface area contributed by atoms with Crippen LogP contribution in [0, 0.1) is 0 Å². The third-order valence-corrected chi connectivity index (χ3v) is 5.29. The summed E-state index contributed by atoms with van der Waals surface area (Å²) in [5.74, 6) is 0.0774. The molecule has 0 saturated carbocycles. The molecule has 23 heavy (non-hydrogen) atoms. The van der Waals surface area contributed by atoms with Gasteiger partial charge in [-0.15, -0.1) is 0 Å². The Labute approximate surface area is 139 Å². The molecule has 6 nitrogen and oxygen atoms in total. The van der Waals surface area contributed by atoms with E-state index in [2.05, 4.69) is 10.4 Å². The van der Waals surface area contributed by atoms with Gasteiger partial charge in [0.1, 0.15) is 5.82 Å². The summed E-state index contributed by atoms with van der Waals surface area (Å²) < 4.78 is 25.2. The maximum atomic E-state index is 12.0. The van der Waals surface area contributed by atoms with E-state index >= 15 is 0 Å². The van der Waals surface area contributed by atoms with E-state index in [9.17, 15) is 13.2 Å². The van der Waals surface area contributed by atoms with Gasteiger partial charge < -0.3 is 5.32 Å². The van der Waals surface area contributed by atoms with Crippen molar-refractivity contribution >= 4 is 33.2 Å². The van der Waals surface area contributed by atoms with Gasteiger partial charge in [-0.3, -0.25) is 4.79 Å². The molecule has 1 N–H and O–H groups in total. The number of nitrogens with zero attached hydrogens (tertiary/aromatic N) is 2. The zero-order valence-corrected chi connectivity index (χ0v) is 14.1. The van der Waals surface area contributed by atoms with E-state index in [1.54, 1.807) is 28.9 Å². The van der Waals surface area contributed by atoms with E-state index in [0.29, 0.717) is 40.6 Å². The van der Waals surface area contributed by atoms with Crippen molar-refractivity contribution in [3.05, 3.63) is 40.5 Å². The van der Waals surface area contributed by atoms with Crippen LogP contribution in [0.1, 0.15) is 31.0 Å². The number of aromatic nitrogens is 2. The highest BCUT2D eigenvalue weighted by atomic mass is 35.5. The minimum absolute atomic E-state index is 0.0976. The van der Waals surface area contributed by atoms with Gasteiger partial charge in [0.05, 0.1) is 22.9 Å². The second kappa shape index (κ2) is 5.98. The monoisotopic (exact) mass is 353 g/mol. The minimum atomic E-state index is -3.19. The average molecular weight is 354 g/mol. The number of hydrogen-bond acceptors (Lipinski definition) is 4. The molecule has 0 radical (unpaired) electrons. The van der Waals surface area contributed by atoms with E-state index in [-0.39, 0.29) is 17.4 Å². The first-order valence-electron chi connectivity index (χ1n) is 7.26. The average Bonchev–Trinajstić information content (AvgIpc) is 2.93. The minimum Gasteiger partial charge on any atom is -0.310 e. The van der Waals surface area contributed by atoms with Crippen LogP contribution in [-0.4, -0.2) is 24.1 Å². The fourth-order valence-electron chi connectivity index (χ4n) is 2.56. The molecule has 1 aromatic heterocycles. The largest absolute Gasteiger partial charge is 0.310 e. The number of carbonyl (C=O) groups is 1. The number of amides is 1. The first-order valence-corrected chi connectivity index (χ1v) is 9.46. The molecule has 0 spiro atoms. The normalized spacial score (nSPS) is 15.4. The number of fused-ring (bicyclic) bond motifs is 1. The summed E-state index contributed by atoms with van der Waals surface area (Å²) in [6.07, 6.45) is 1.08. The summed E-state index contributed by atoms with van der Waals surface area (Å²) in [7, 11) is -3.19. The predicted octanol–water partition coefficient (Wildman–Crippen LogP) is 2.69. The Morgan fingerprint density at radius 2 is 2.00 bits per heavy atom. The maximum absolute atomic E-state index is 12.0. The Bertz CT molecular complexity index is 857. The lowest BCUT2D eigenvalue weighted by Gasteiger charge is -2.11. The smallest absolute Gasteiger partial charge is 0.225 e. The molecule has 2 aromatic rings. The highest BCUT2D eigenvalue weighted by molar-refractivity contribution is 7.90. The summed E-state index contributed by atoms with van der Waals surface area (Å²) >= 11 is 5.90. The molecule has 1 aliphatic rings. The molecule has 0 atom stereocenters. The van der Waals surface area contributed by atoms with Gasteiger partial charge in [0.15, 0.2) is 9.84 Å². The second-order valence-corrected chi connectivity index (χ2v) is 7.99. The Morgan fingerprint density at radius 3 is 2.65 bits per heavy atom. The van der Waals surface area contributed by atoms with Crippen LogP contribution < -0.4 is 5.32 Å². The van der Waals surface area contributed by atoms with Crippen LogP contribution in [-0.2, 0) is 26.1 Å². The van der Waals surface area contributed by atoms with Gasteiger partial charge in [0, 0.05) is 17.0 Å². The fourth-order valence-corrected chi connectivity index (χ4v) is 4.18. The van der Waals surface area contributed by atoms with Crippen LogP contribution in [0.15, 0.2) is 24.3 Å². The number of rotatable bonds is 4. The Morgan fingerprint density at radius 1 is 1.30 bits per heavy atom. The topological polar surface area (TPSA) is 81.1 Å². The van der Waals surface area contributed by atoms with Crippen LogP contribution in [0.5, 0.6) is 0 Å². The number of anilines is 1. The number of benzene rings is 1. The van der Waals surface area contributed by atoms with Gasteiger partial charge in [0.25, 0.3) is 0 Å². The summed E-state index contributed by atoms with van der Waals surface area (Å²) in [5, 5.41) is 7.78. The van der Waals surface area contributed by atoms with Gasteiger partial charge >= 0.3 is 0 Å². The lowest BCUT2D eigenvalue weighted by atomic mass is 10.2. The van der Waals surface area contributed by atoms with E-state index in [1.165, 1.54) is 0 Å².